The Morgan fingerprint density at radius 1 is 0.553 bits per heavy atom. The lowest BCUT2D eigenvalue weighted by Gasteiger charge is -2.27. The number of aromatic nitrogens is 7. The van der Waals surface area contributed by atoms with Crippen molar-refractivity contribution in [3.05, 3.63) is 93.8 Å². The maximum atomic E-state index is 13.1. The number of rotatable bonds is 20. The first-order chi connectivity index (χ1) is 39.6. The van der Waals surface area contributed by atoms with Gasteiger partial charge in [0.25, 0.3) is 50.6 Å². The van der Waals surface area contributed by atoms with Crippen LogP contribution in [0.25, 0.3) is 28.6 Å². The van der Waals surface area contributed by atoms with E-state index >= 15 is 0 Å². The van der Waals surface area contributed by atoms with E-state index in [0.29, 0.717) is 12.1 Å². The summed E-state index contributed by atoms with van der Waals surface area (Å²) in [7, 11) is -30.4. The van der Waals surface area contributed by atoms with Crippen LogP contribution in [0.2, 0.25) is 15.6 Å². The molecule has 0 amide bonds. The van der Waals surface area contributed by atoms with Gasteiger partial charge in [0.05, 0.1) is 50.1 Å². The van der Waals surface area contributed by atoms with E-state index in [1.54, 1.807) is 0 Å². The van der Waals surface area contributed by atoms with Crippen LogP contribution in [-0.2, 0) is 60.7 Å². The van der Waals surface area contributed by atoms with Crippen LogP contribution in [0.4, 0.5) is 52.2 Å². The zero-order valence-corrected chi connectivity index (χ0v) is 48.6. The van der Waals surface area contributed by atoms with Crippen molar-refractivity contribution in [1.82, 2.24) is 34.9 Å². The highest BCUT2D eigenvalue weighted by molar-refractivity contribution is 7.87. The van der Waals surface area contributed by atoms with E-state index in [1.165, 1.54) is 24.3 Å². The molecular formula is C42H33Cl3N14O20S6. The molecule has 448 valence electrons. The molecule has 85 heavy (non-hydrogen) atoms. The molecule has 0 fully saturated rings. The predicted octanol–water partition coefficient (Wildman–Crippen LogP) is 5.26. The Morgan fingerprint density at radius 3 is 1.56 bits per heavy atom. The lowest BCUT2D eigenvalue weighted by Crippen LogP contribution is -2.20. The van der Waals surface area contributed by atoms with Crippen molar-refractivity contribution < 1.29 is 87.0 Å². The van der Waals surface area contributed by atoms with Gasteiger partial charge < -0.3 is 41.1 Å². The van der Waals surface area contributed by atoms with Crippen LogP contribution in [0.3, 0.4) is 0 Å². The van der Waals surface area contributed by atoms with Gasteiger partial charge in [0, 0.05) is 25.2 Å². The molecule has 0 radical (unpaired) electrons. The van der Waals surface area contributed by atoms with Gasteiger partial charge in [0.15, 0.2) is 32.6 Å². The Balaban J connectivity index is 0.950. The minimum Gasteiger partial charge on any atom is -0.450 e. The minimum absolute atomic E-state index is 0.0173. The van der Waals surface area contributed by atoms with Gasteiger partial charge in [-0.05, 0) is 83.9 Å². The molecule has 0 spiro atoms. The highest BCUT2D eigenvalue weighted by atomic mass is 35.5. The molecule has 0 unspecified atom stereocenters. The van der Waals surface area contributed by atoms with Gasteiger partial charge in [0.2, 0.25) is 34.4 Å². The van der Waals surface area contributed by atoms with E-state index in [-0.39, 0.29) is 93.6 Å². The Morgan fingerprint density at radius 2 is 1.06 bits per heavy atom. The number of hydrogen-bond acceptors (Lipinski definition) is 28. The largest absolute Gasteiger partial charge is 0.450 e. The number of hydrogen-bond donors (Lipinski definition) is 12. The topological polar surface area (TPSA) is 523 Å². The van der Waals surface area contributed by atoms with E-state index in [4.69, 9.17) is 44.0 Å². The van der Waals surface area contributed by atoms with Crippen molar-refractivity contribution in [2.75, 3.05) is 58.1 Å². The summed E-state index contributed by atoms with van der Waals surface area (Å²) in [5, 5.41) is 14.6. The highest BCUT2D eigenvalue weighted by Gasteiger charge is 2.35. The zero-order valence-electron chi connectivity index (χ0n) is 41.4. The van der Waals surface area contributed by atoms with Gasteiger partial charge in [-0.25, -0.2) is 4.98 Å². The number of anilines is 9. The summed E-state index contributed by atoms with van der Waals surface area (Å²) in [5.41, 5.74) is -1.81. The Labute approximate surface area is 492 Å². The Bertz CT molecular complexity index is 4920. The van der Waals surface area contributed by atoms with Crippen molar-refractivity contribution in [3.63, 3.8) is 0 Å². The molecule has 34 nitrogen and oxygen atoms in total. The smallest absolute Gasteiger partial charge is 0.300 e. The van der Waals surface area contributed by atoms with Crippen molar-refractivity contribution in [1.29, 1.82) is 0 Å². The predicted molar refractivity (Wildman–Crippen MR) is 299 cm³/mol. The molecule has 4 aromatic carbocycles. The molecule has 1 aliphatic carbocycles. The third-order valence-corrected chi connectivity index (χ3v) is 17.3. The first-order valence-corrected chi connectivity index (χ1v) is 32.5. The summed E-state index contributed by atoms with van der Waals surface area (Å²) in [6.07, 6.45) is 1.23. The lowest BCUT2D eigenvalue weighted by atomic mass is 10.1. The average Bonchev–Trinajstić information content (AvgIpc) is 0.766. The second kappa shape index (κ2) is 22.9. The Kier molecular flexibility index (Phi) is 16.6. The molecule has 2 aliphatic heterocycles. The van der Waals surface area contributed by atoms with Gasteiger partial charge in [-0.1, -0.05) is 24.3 Å². The maximum Gasteiger partial charge on any atom is 0.300 e. The summed E-state index contributed by atoms with van der Waals surface area (Å²) in [6.45, 7) is 3.06. The van der Waals surface area contributed by atoms with Crippen LogP contribution < -0.4 is 42.0 Å². The normalized spacial score (nSPS) is 13.1. The minimum atomic E-state index is -5.21. The molecule has 2 aromatic heterocycles. The molecule has 9 rings (SSSR count). The van der Waals surface area contributed by atoms with E-state index < -0.39 is 135 Å². The molecule has 0 atom stereocenters. The number of halogens is 3. The van der Waals surface area contributed by atoms with Crippen molar-refractivity contribution in [2.24, 2.45) is 4.99 Å². The molecule has 6 aromatic rings. The van der Waals surface area contributed by atoms with Crippen LogP contribution in [0.1, 0.15) is 5.56 Å². The molecular weight excluding hydrogens is 1320 g/mol. The third-order valence-electron chi connectivity index (χ3n) is 11.3. The van der Waals surface area contributed by atoms with Crippen LogP contribution in [0.5, 0.6) is 11.5 Å². The fourth-order valence-electron chi connectivity index (χ4n) is 7.90. The average molecular weight is 1350 g/mol. The molecule has 4 heterocycles. The monoisotopic (exact) mass is 1350 g/mol. The standard InChI is InChI=1S/C42H33Cl3N14O20S6/c1-2-19-29-34(79-33-22(50-29)7-9-25(36(33)85(75,76)77)47-12-14-49-40-55-38(45)57-42(59-40)53-21-6-4-18(81(63,64)65)16-27(21)83(69,70)71)28(43)30-31(19)78-32-23(51-30)8-10-24(35(32)84(72,73)74)46-11-13-48-39-54-37(44)56-41(58-39)52-20-5-3-17(80(60,61)62)15-26(20)82(66,67)68/h2-10,15-16,47,50H,1,11-14H2,(H,60,61,62)(H,63,64,65)(H,66,67,68)(H,69,70,71)(H,72,73,74)(H,75,76,77)(H2,48,52,54,56,58)(H2,49,53,55,57,59). The number of benzene rings is 5. The zero-order chi connectivity index (χ0) is 61.9. The number of ether oxygens (including phenoxy) is 1. The van der Waals surface area contributed by atoms with E-state index in [1.807, 2.05) is 0 Å². The van der Waals surface area contributed by atoms with Crippen molar-refractivity contribution >= 4 is 165 Å². The lowest BCUT2D eigenvalue weighted by molar-refractivity contribution is 0.449. The molecule has 0 saturated heterocycles. The molecule has 43 heteroatoms. The number of nitrogens with zero attached hydrogens (tertiary/aromatic N) is 8. The quantitative estimate of drug-likeness (QED) is 0.0263. The second-order valence-corrected chi connectivity index (χ2v) is 26.3. The summed E-state index contributed by atoms with van der Waals surface area (Å²) < 4.78 is 219. The number of fused-ring (bicyclic) bond motifs is 4. The fourth-order valence-corrected chi connectivity index (χ4v) is 12.6. The molecule has 3 aliphatic rings. The fraction of sp³-hybridized carbons (Fsp3) is 0.0952. The van der Waals surface area contributed by atoms with Gasteiger partial charge in [-0.15, -0.1) is 0 Å². The maximum absolute atomic E-state index is 13.1. The third kappa shape index (κ3) is 13.5. The molecule has 0 bridgehead atoms. The van der Waals surface area contributed by atoms with Crippen LogP contribution in [0.15, 0.2) is 106 Å². The van der Waals surface area contributed by atoms with E-state index in [2.05, 4.69) is 78.4 Å². The SMILES string of the molecule is C=Cc1c2c(c(Cl)c3nc4ccc(=NCCNc5nc(Cl)nc(Nc6ccc(S(=O)(=O)O)cc6S(=O)(=O)O)n5)c(S(=O)(=O)O)c-4oc13)Oc1c(ccc(NCCNc3nc(Cl)nc(Nc4ccc(S(=O)(=O)O)cc4S(=O)(=O)O)n3)c1S(=O)(=O)O)N2. The van der Waals surface area contributed by atoms with Gasteiger partial charge in [-0.3, -0.25) is 32.3 Å². The summed E-state index contributed by atoms with van der Waals surface area (Å²) in [6, 6.07) is 9.38. The van der Waals surface area contributed by atoms with Crippen molar-refractivity contribution in [2.45, 2.75) is 29.4 Å². The van der Waals surface area contributed by atoms with Crippen LogP contribution in [-0.4, -0.2) is 139 Å². The van der Waals surface area contributed by atoms with Gasteiger partial charge >= 0.3 is 10.1 Å². The highest BCUT2D eigenvalue weighted by Crippen LogP contribution is 2.54. The number of nitrogens with one attached hydrogen (secondary N) is 6. The van der Waals surface area contributed by atoms with Gasteiger partial charge in [-0.2, -0.15) is 80.4 Å². The van der Waals surface area contributed by atoms with Gasteiger partial charge in [0.1, 0.15) is 26.0 Å². The summed E-state index contributed by atoms with van der Waals surface area (Å²) in [5.74, 6) is -2.60. The van der Waals surface area contributed by atoms with Crippen LogP contribution >= 0.6 is 34.8 Å². The van der Waals surface area contributed by atoms with Crippen molar-refractivity contribution in [3.8, 4) is 23.0 Å². The van der Waals surface area contributed by atoms with Crippen LogP contribution in [0, 0.1) is 0 Å². The molecule has 12 N–H and O–H groups in total. The summed E-state index contributed by atoms with van der Waals surface area (Å²) >= 11 is 19.0. The molecule has 0 saturated carbocycles. The van der Waals surface area contributed by atoms with E-state index in [9.17, 15) is 77.8 Å². The summed E-state index contributed by atoms with van der Waals surface area (Å²) in [4.78, 5) is 27.0. The Hall–Kier alpha value is -7.81. The first-order valence-electron chi connectivity index (χ1n) is 22.7. The van der Waals surface area contributed by atoms with E-state index in [0.717, 1.165) is 30.3 Å². The first kappa shape index (κ1) is 61.7. The second-order valence-electron chi connectivity index (χ2n) is 16.9.